The molecule has 4 heteroatoms. The summed E-state index contributed by atoms with van der Waals surface area (Å²) in [6.45, 7) is 2.08. The molecule has 0 aliphatic heterocycles. The van der Waals surface area contributed by atoms with Crippen molar-refractivity contribution in [3.63, 3.8) is 0 Å². The first-order valence-corrected chi connectivity index (χ1v) is 6.58. The predicted molar refractivity (Wildman–Crippen MR) is 77.4 cm³/mol. The quantitative estimate of drug-likeness (QED) is 0.664. The molecule has 2 nitrogen and oxygen atoms in total. The Labute approximate surface area is 120 Å². The monoisotopic (exact) mass is 285 g/mol. The summed E-state index contributed by atoms with van der Waals surface area (Å²) in [7, 11) is 0. The lowest BCUT2D eigenvalue weighted by Crippen LogP contribution is -2.10. The van der Waals surface area contributed by atoms with Crippen molar-refractivity contribution in [2.75, 3.05) is 0 Å². The van der Waals surface area contributed by atoms with E-state index in [9.17, 15) is 13.6 Å². The van der Waals surface area contributed by atoms with Gasteiger partial charge < -0.3 is 4.57 Å². The number of carbonyl (C=O) groups excluding carboxylic acids is 1. The van der Waals surface area contributed by atoms with Crippen molar-refractivity contribution in [3.8, 4) is 0 Å². The van der Waals surface area contributed by atoms with Crippen LogP contribution in [-0.2, 0) is 6.54 Å². The van der Waals surface area contributed by atoms with Crippen LogP contribution in [-0.4, -0.2) is 10.4 Å². The molecule has 1 heterocycles. The fourth-order valence-corrected chi connectivity index (χ4v) is 2.35. The van der Waals surface area contributed by atoms with Crippen LogP contribution in [0.4, 0.5) is 8.78 Å². The van der Waals surface area contributed by atoms with Crippen molar-refractivity contribution >= 4 is 16.7 Å². The predicted octanol–water partition coefficient (Wildman–Crippen LogP) is 4.11. The molecule has 0 aliphatic carbocycles. The van der Waals surface area contributed by atoms with Crippen LogP contribution >= 0.6 is 0 Å². The number of fused-ring (bicyclic) bond motifs is 1. The number of ketones is 1. The minimum atomic E-state index is -1.01. The summed E-state index contributed by atoms with van der Waals surface area (Å²) in [5, 5.41) is 1.04. The number of nitrogens with zero attached hydrogens (tertiary/aromatic N) is 1. The zero-order chi connectivity index (χ0) is 15.0. The molecule has 3 aromatic rings. The average Bonchev–Trinajstić information content (AvgIpc) is 2.84. The molecule has 0 radical (unpaired) electrons. The topological polar surface area (TPSA) is 22.0 Å². The summed E-state index contributed by atoms with van der Waals surface area (Å²) < 4.78 is 27.9. The largest absolute Gasteiger partial charge is 0.340 e. The van der Waals surface area contributed by atoms with Crippen LogP contribution in [0.3, 0.4) is 0 Å². The molecule has 0 saturated heterocycles. The normalized spacial score (nSPS) is 11.0. The van der Waals surface area contributed by atoms with E-state index in [1.165, 1.54) is 6.07 Å². The fourth-order valence-electron chi connectivity index (χ4n) is 2.35. The highest BCUT2D eigenvalue weighted by Gasteiger charge is 2.11. The Morgan fingerprint density at radius 1 is 1.05 bits per heavy atom. The van der Waals surface area contributed by atoms with Crippen LogP contribution in [0.5, 0.6) is 0 Å². The summed E-state index contributed by atoms with van der Waals surface area (Å²) in [5.41, 5.74) is 2.22. The molecule has 0 amide bonds. The van der Waals surface area contributed by atoms with Gasteiger partial charge in [0.1, 0.15) is 0 Å². The molecular formula is C17H13F2NO. The summed E-state index contributed by atoms with van der Waals surface area (Å²) in [5.74, 6) is -2.21. The Hall–Kier alpha value is -2.49. The lowest BCUT2D eigenvalue weighted by atomic mass is 10.1. The summed E-state index contributed by atoms with van der Waals surface area (Å²) in [4.78, 5) is 12.2. The minimum Gasteiger partial charge on any atom is -0.340 e. The van der Waals surface area contributed by atoms with Gasteiger partial charge in [-0.05, 0) is 48.2 Å². The van der Waals surface area contributed by atoms with Crippen molar-refractivity contribution in [1.29, 1.82) is 0 Å². The third-order valence-corrected chi connectivity index (χ3v) is 3.48. The smallest absolute Gasteiger partial charge is 0.182 e. The zero-order valence-electron chi connectivity index (χ0n) is 11.4. The van der Waals surface area contributed by atoms with E-state index in [1.54, 1.807) is 0 Å². The molecule has 0 saturated carbocycles. The van der Waals surface area contributed by atoms with Gasteiger partial charge in [0.2, 0.25) is 0 Å². The molecule has 0 spiro atoms. The van der Waals surface area contributed by atoms with Crippen molar-refractivity contribution in [3.05, 3.63) is 71.4 Å². The van der Waals surface area contributed by atoms with Crippen molar-refractivity contribution in [2.45, 2.75) is 13.5 Å². The lowest BCUT2D eigenvalue weighted by molar-refractivity contribution is 0.0973. The van der Waals surface area contributed by atoms with Gasteiger partial charge in [0.05, 0.1) is 6.54 Å². The van der Waals surface area contributed by atoms with Gasteiger partial charge in [-0.1, -0.05) is 12.1 Å². The first-order valence-electron chi connectivity index (χ1n) is 6.58. The Kier molecular flexibility index (Phi) is 3.29. The van der Waals surface area contributed by atoms with E-state index < -0.39 is 11.6 Å². The third kappa shape index (κ3) is 2.57. The van der Waals surface area contributed by atoms with Crippen molar-refractivity contribution in [2.24, 2.45) is 0 Å². The third-order valence-electron chi connectivity index (χ3n) is 3.48. The van der Waals surface area contributed by atoms with E-state index in [4.69, 9.17) is 0 Å². The number of Topliss-reactive ketones (excluding diaryl/α,β-unsaturated/α-hetero) is 1. The van der Waals surface area contributed by atoms with Crippen molar-refractivity contribution < 1.29 is 13.6 Å². The highest BCUT2D eigenvalue weighted by atomic mass is 19.2. The van der Waals surface area contributed by atoms with E-state index in [0.717, 1.165) is 28.6 Å². The van der Waals surface area contributed by atoms with Crippen LogP contribution in [0.15, 0.2) is 48.7 Å². The Morgan fingerprint density at radius 3 is 2.62 bits per heavy atom. The Bertz CT molecular complexity index is 836. The van der Waals surface area contributed by atoms with Gasteiger partial charge in [0.25, 0.3) is 0 Å². The second kappa shape index (κ2) is 5.13. The molecule has 106 valence electrons. The highest BCUT2D eigenvalue weighted by Crippen LogP contribution is 2.18. The molecular weight excluding hydrogens is 272 g/mol. The van der Waals surface area contributed by atoms with Gasteiger partial charge in [-0.15, -0.1) is 0 Å². The molecule has 0 bridgehead atoms. The van der Waals surface area contributed by atoms with Crippen molar-refractivity contribution in [1.82, 2.24) is 4.57 Å². The van der Waals surface area contributed by atoms with Crippen LogP contribution in [0.25, 0.3) is 10.9 Å². The summed E-state index contributed by atoms with van der Waals surface area (Å²) in [6.07, 6.45) is 1.82. The van der Waals surface area contributed by atoms with Gasteiger partial charge in [0, 0.05) is 17.3 Å². The summed E-state index contributed by atoms with van der Waals surface area (Å²) in [6, 6.07) is 11.1. The second-order valence-corrected chi connectivity index (χ2v) is 5.06. The number of aromatic nitrogens is 1. The molecule has 1 aromatic heterocycles. The van der Waals surface area contributed by atoms with E-state index in [0.29, 0.717) is 0 Å². The number of rotatable bonds is 3. The van der Waals surface area contributed by atoms with Crippen LogP contribution < -0.4 is 0 Å². The Morgan fingerprint density at radius 2 is 1.86 bits per heavy atom. The van der Waals surface area contributed by atoms with E-state index in [2.05, 4.69) is 0 Å². The van der Waals surface area contributed by atoms with E-state index in [1.807, 2.05) is 42.0 Å². The van der Waals surface area contributed by atoms with Gasteiger partial charge in [-0.25, -0.2) is 8.78 Å². The zero-order valence-corrected chi connectivity index (χ0v) is 11.4. The number of benzene rings is 2. The number of hydrogen-bond acceptors (Lipinski definition) is 1. The minimum absolute atomic E-state index is 0.0953. The van der Waals surface area contributed by atoms with Gasteiger partial charge in [0.15, 0.2) is 17.4 Å². The fraction of sp³-hybridized carbons (Fsp3) is 0.118. The average molecular weight is 285 g/mol. The highest BCUT2D eigenvalue weighted by molar-refractivity contribution is 5.96. The summed E-state index contributed by atoms with van der Waals surface area (Å²) >= 11 is 0. The first kappa shape index (κ1) is 13.5. The molecule has 3 rings (SSSR count). The molecule has 21 heavy (non-hydrogen) atoms. The number of carbonyl (C=O) groups is 1. The standard InChI is InChI=1S/C17H13F2NO/c1-11-2-3-12-6-7-20(16(12)8-11)10-17(21)13-4-5-14(18)15(19)9-13/h2-9H,10H2,1H3. The van der Waals surface area contributed by atoms with Gasteiger partial charge in [-0.2, -0.15) is 0 Å². The van der Waals surface area contributed by atoms with Gasteiger partial charge in [-0.3, -0.25) is 4.79 Å². The van der Waals surface area contributed by atoms with Gasteiger partial charge >= 0.3 is 0 Å². The molecule has 0 aliphatic rings. The Balaban J connectivity index is 1.92. The molecule has 0 N–H and O–H groups in total. The van der Waals surface area contributed by atoms with Crippen LogP contribution in [0.1, 0.15) is 15.9 Å². The van der Waals surface area contributed by atoms with E-state index in [-0.39, 0.29) is 17.9 Å². The maximum atomic E-state index is 13.2. The number of halogens is 2. The number of hydrogen-bond donors (Lipinski definition) is 0. The van der Waals surface area contributed by atoms with Crippen LogP contribution in [0.2, 0.25) is 0 Å². The molecule has 0 atom stereocenters. The first-order chi connectivity index (χ1) is 10.0. The lowest BCUT2D eigenvalue weighted by Gasteiger charge is -2.06. The SMILES string of the molecule is Cc1ccc2ccn(CC(=O)c3ccc(F)c(F)c3)c2c1. The molecule has 2 aromatic carbocycles. The maximum Gasteiger partial charge on any atom is 0.182 e. The molecule has 0 unspecified atom stereocenters. The molecule has 0 fully saturated rings. The second-order valence-electron chi connectivity index (χ2n) is 5.06. The maximum absolute atomic E-state index is 13.2. The van der Waals surface area contributed by atoms with Crippen LogP contribution in [0, 0.1) is 18.6 Å². The number of aryl methyl sites for hydroxylation is 1. The van der Waals surface area contributed by atoms with E-state index >= 15 is 0 Å².